The van der Waals surface area contributed by atoms with Gasteiger partial charge in [-0.25, -0.2) is 0 Å². The lowest BCUT2D eigenvalue weighted by atomic mass is 10.1. The fraction of sp³-hybridized carbons (Fsp3) is 0.647. The van der Waals surface area contributed by atoms with Crippen LogP contribution in [0.15, 0.2) is 24.3 Å². The second-order valence-electron chi connectivity index (χ2n) is 6.53. The third-order valence-corrected chi connectivity index (χ3v) is 4.20. The minimum Gasteiger partial charge on any atom is -0.485 e. The minimum absolute atomic E-state index is 0.276. The molecule has 0 spiro atoms. The van der Waals surface area contributed by atoms with Gasteiger partial charge in [0.2, 0.25) is 0 Å². The van der Waals surface area contributed by atoms with Crippen LogP contribution in [0, 0.1) is 5.92 Å². The van der Waals surface area contributed by atoms with Crippen molar-refractivity contribution in [3.8, 4) is 5.75 Å². The summed E-state index contributed by atoms with van der Waals surface area (Å²) in [4.78, 5) is 2.64. The molecule has 1 aromatic rings. The van der Waals surface area contributed by atoms with Gasteiger partial charge in [-0.3, -0.25) is 4.90 Å². The van der Waals surface area contributed by atoms with Crippen molar-refractivity contribution in [3.05, 3.63) is 24.3 Å². The first kappa shape index (κ1) is 13.7. The molecule has 0 amide bonds. The summed E-state index contributed by atoms with van der Waals surface area (Å²) >= 11 is 0. The molecule has 1 fully saturated rings. The van der Waals surface area contributed by atoms with Crippen LogP contribution in [0.4, 0.5) is 5.69 Å². The maximum Gasteiger partial charge on any atom is 0.142 e. The fourth-order valence-corrected chi connectivity index (χ4v) is 2.81. The van der Waals surface area contributed by atoms with E-state index in [4.69, 9.17) is 4.74 Å². The SMILES string of the molecule is CC(C)CCN(CC1CNc2ccccc2O1)C1CC1. The number of para-hydroxylation sites is 2. The van der Waals surface area contributed by atoms with E-state index in [2.05, 4.69) is 42.3 Å². The predicted octanol–water partition coefficient (Wildman–Crippen LogP) is 3.37. The molecule has 3 rings (SSSR count). The van der Waals surface area contributed by atoms with Gasteiger partial charge in [0.25, 0.3) is 0 Å². The van der Waals surface area contributed by atoms with E-state index in [0.29, 0.717) is 0 Å². The third-order valence-electron chi connectivity index (χ3n) is 4.20. The molecule has 3 nitrogen and oxygen atoms in total. The molecule has 110 valence electrons. The Morgan fingerprint density at radius 1 is 1.30 bits per heavy atom. The lowest BCUT2D eigenvalue weighted by Gasteiger charge is -2.32. The highest BCUT2D eigenvalue weighted by molar-refractivity contribution is 5.57. The van der Waals surface area contributed by atoms with Crippen molar-refractivity contribution >= 4 is 5.69 Å². The van der Waals surface area contributed by atoms with Gasteiger partial charge in [-0.15, -0.1) is 0 Å². The standard InChI is InChI=1S/C17H26N2O/c1-13(2)9-10-19(14-7-8-14)12-15-11-18-16-5-3-4-6-17(16)20-15/h3-6,13-15,18H,7-12H2,1-2H3. The van der Waals surface area contributed by atoms with Crippen LogP contribution >= 0.6 is 0 Å². The summed E-state index contributed by atoms with van der Waals surface area (Å²) in [6.07, 6.45) is 4.30. The molecule has 1 aliphatic heterocycles. The van der Waals surface area contributed by atoms with Gasteiger partial charge in [-0.2, -0.15) is 0 Å². The largest absolute Gasteiger partial charge is 0.485 e. The molecule has 1 N–H and O–H groups in total. The molecule has 1 heterocycles. The van der Waals surface area contributed by atoms with E-state index in [1.54, 1.807) is 0 Å². The summed E-state index contributed by atoms with van der Waals surface area (Å²) in [5.41, 5.74) is 1.13. The van der Waals surface area contributed by atoms with E-state index in [0.717, 1.165) is 36.5 Å². The van der Waals surface area contributed by atoms with Crippen molar-refractivity contribution in [2.75, 3.05) is 25.0 Å². The van der Waals surface area contributed by atoms with Crippen LogP contribution in [-0.2, 0) is 0 Å². The maximum atomic E-state index is 6.14. The van der Waals surface area contributed by atoms with Gasteiger partial charge in [0.05, 0.1) is 12.2 Å². The van der Waals surface area contributed by atoms with Crippen molar-refractivity contribution in [2.24, 2.45) is 5.92 Å². The summed E-state index contributed by atoms with van der Waals surface area (Å²) in [6, 6.07) is 9.05. The molecular weight excluding hydrogens is 248 g/mol. The van der Waals surface area contributed by atoms with Gasteiger partial charge >= 0.3 is 0 Å². The Bertz CT molecular complexity index is 442. The summed E-state index contributed by atoms with van der Waals surface area (Å²) in [5, 5.41) is 3.49. The Labute approximate surface area is 122 Å². The molecule has 1 aromatic carbocycles. The average molecular weight is 274 g/mol. The number of ether oxygens (including phenoxy) is 1. The molecule has 1 saturated carbocycles. The number of fused-ring (bicyclic) bond motifs is 1. The molecule has 0 saturated heterocycles. The van der Waals surface area contributed by atoms with Crippen LogP contribution in [0.25, 0.3) is 0 Å². The lowest BCUT2D eigenvalue weighted by Crippen LogP contribution is -2.43. The van der Waals surface area contributed by atoms with E-state index in [1.807, 2.05) is 6.07 Å². The van der Waals surface area contributed by atoms with E-state index < -0.39 is 0 Å². The van der Waals surface area contributed by atoms with E-state index in [9.17, 15) is 0 Å². The van der Waals surface area contributed by atoms with Gasteiger partial charge in [0, 0.05) is 12.6 Å². The fourth-order valence-electron chi connectivity index (χ4n) is 2.81. The van der Waals surface area contributed by atoms with E-state index >= 15 is 0 Å². The lowest BCUT2D eigenvalue weighted by molar-refractivity contribution is 0.127. The third kappa shape index (κ3) is 3.45. The molecule has 0 aromatic heterocycles. The van der Waals surface area contributed by atoms with Crippen molar-refractivity contribution in [3.63, 3.8) is 0 Å². The van der Waals surface area contributed by atoms with Gasteiger partial charge < -0.3 is 10.1 Å². The van der Waals surface area contributed by atoms with E-state index in [-0.39, 0.29) is 6.10 Å². The molecule has 0 radical (unpaired) electrons. The zero-order chi connectivity index (χ0) is 13.9. The molecule has 2 aliphatic rings. The Balaban J connectivity index is 1.57. The van der Waals surface area contributed by atoms with Crippen LogP contribution in [0.3, 0.4) is 0 Å². The Morgan fingerprint density at radius 3 is 2.85 bits per heavy atom. The number of rotatable bonds is 6. The molecule has 3 heteroatoms. The van der Waals surface area contributed by atoms with Crippen molar-refractivity contribution in [1.82, 2.24) is 4.90 Å². The van der Waals surface area contributed by atoms with Gasteiger partial charge in [0.15, 0.2) is 0 Å². The number of hydrogen-bond donors (Lipinski definition) is 1. The summed E-state index contributed by atoms with van der Waals surface area (Å²) in [6.45, 7) is 7.80. The number of anilines is 1. The molecule has 1 atom stereocenters. The first-order chi connectivity index (χ1) is 9.72. The monoisotopic (exact) mass is 274 g/mol. The van der Waals surface area contributed by atoms with Crippen LogP contribution in [-0.4, -0.2) is 36.7 Å². The molecule has 0 bridgehead atoms. The summed E-state index contributed by atoms with van der Waals surface area (Å²) in [7, 11) is 0. The Kier molecular flexibility index (Phi) is 4.16. The second-order valence-corrected chi connectivity index (χ2v) is 6.53. The highest BCUT2D eigenvalue weighted by Crippen LogP contribution is 2.31. The molecule has 1 unspecified atom stereocenters. The highest BCUT2D eigenvalue weighted by Gasteiger charge is 2.31. The van der Waals surface area contributed by atoms with Crippen LogP contribution in [0.5, 0.6) is 5.75 Å². The van der Waals surface area contributed by atoms with Gasteiger partial charge in [0.1, 0.15) is 11.9 Å². The highest BCUT2D eigenvalue weighted by atomic mass is 16.5. The minimum atomic E-state index is 0.276. The predicted molar refractivity (Wildman–Crippen MR) is 83.4 cm³/mol. The normalized spacial score (nSPS) is 21.5. The van der Waals surface area contributed by atoms with Crippen molar-refractivity contribution in [2.45, 2.75) is 45.3 Å². The first-order valence-corrected chi connectivity index (χ1v) is 7.96. The van der Waals surface area contributed by atoms with Gasteiger partial charge in [-0.05, 0) is 43.9 Å². The smallest absolute Gasteiger partial charge is 0.142 e. The van der Waals surface area contributed by atoms with Crippen molar-refractivity contribution in [1.29, 1.82) is 0 Å². The Morgan fingerprint density at radius 2 is 2.10 bits per heavy atom. The Hall–Kier alpha value is -1.22. The van der Waals surface area contributed by atoms with Crippen LogP contribution in [0.2, 0.25) is 0 Å². The van der Waals surface area contributed by atoms with Crippen molar-refractivity contribution < 1.29 is 4.74 Å². The van der Waals surface area contributed by atoms with E-state index in [1.165, 1.54) is 25.8 Å². The zero-order valence-corrected chi connectivity index (χ0v) is 12.6. The molecular formula is C17H26N2O. The zero-order valence-electron chi connectivity index (χ0n) is 12.6. The van der Waals surface area contributed by atoms with Crippen LogP contribution in [0.1, 0.15) is 33.1 Å². The number of hydrogen-bond acceptors (Lipinski definition) is 3. The molecule has 1 aliphatic carbocycles. The number of benzene rings is 1. The topological polar surface area (TPSA) is 24.5 Å². The molecule has 20 heavy (non-hydrogen) atoms. The first-order valence-electron chi connectivity index (χ1n) is 7.96. The number of nitrogens with one attached hydrogen (secondary N) is 1. The summed E-state index contributed by atoms with van der Waals surface area (Å²) in [5.74, 6) is 1.78. The average Bonchev–Trinajstić information content (AvgIpc) is 3.27. The van der Waals surface area contributed by atoms with Crippen LogP contribution < -0.4 is 10.1 Å². The number of nitrogens with zero attached hydrogens (tertiary/aromatic N) is 1. The quantitative estimate of drug-likeness (QED) is 0.860. The second kappa shape index (κ2) is 6.04. The maximum absolute atomic E-state index is 6.14. The van der Waals surface area contributed by atoms with Gasteiger partial charge in [-0.1, -0.05) is 26.0 Å². The summed E-state index contributed by atoms with van der Waals surface area (Å²) < 4.78 is 6.14.